The monoisotopic (exact) mass is 293 g/mol. The van der Waals surface area contributed by atoms with E-state index in [4.69, 9.17) is 10.2 Å². The second-order valence-corrected chi connectivity index (χ2v) is 4.82. The van der Waals surface area contributed by atoms with Gasteiger partial charge in [0, 0.05) is 24.8 Å². The fraction of sp³-hybridized carbons (Fsp3) is 0.438. The van der Waals surface area contributed by atoms with E-state index < -0.39 is 5.82 Å². The first-order valence-electron chi connectivity index (χ1n) is 6.82. The van der Waals surface area contributed by atoms with Gasteiger partial charge in [0.2, 0.25) is 0 Å². The molecular formula is C16H20FNO3. The molecule has 1 rings (SSSR count). The molecule has 5 heteroatoms. The Kier molecular flexibility index (Phi) is 6.86. The van der Waals surface area contributed by atoms with Gasteiger partial charge >= 0.3 is 0 Å². The van der Waals surface area contributed by atoms with E-state index in [9.17, 15) is 9.18 Å². The topological polar surface area (TPSA) is 60.8 Å². The summed E-state index contributed by atoms with van der Waals surface area (Å²) in [6.07, 6.45) is 0.455. The lowest BCUT2D eigenvalue weighted by Gasteiger charge is -2.27. The second-order valence-electron chi connectivity index (χ2n) is 4.82. The molecule has 0 heterocycles. The highest BCUT2D eigenvalue weighted by Gasteiger charge is 2.21. The smallest absolute Gasteiger partial charge is 0.255 e. The van der Waals surface area contributed by atoms with Crippen molar-refractivity contribution in [3.8, 4) is 11.8 Å². The molecule has 0 radical (unpaired) electrons. The molecule has 0 saturated carbocycles. The van der Waals surface area contributed by atoms with Crippen LogP contribution in [0, 0.1) is 17.7 Å². The number of aliphatic hydroxyl groups excluding tert-OH is 2. The summed E-state index contributed by atoms with van der Waals surface area (Å²) in [5.74, 6) is 4.27. The number of hydrogen-bond donors (Lipinski definition) is 2. The highest BCUT2D eigenvalue weighted by atomic mass is 19.1. The van der Waals surface area contributed by atoms with E-state index in [1.54, 1.807) is 4.90 Å². The number of rotatable bonds is 5. The van der Waals surface area contributed by atoms with Crippen molar-refractivity contribution in [1.82, 2.24) is 4.90 Å². The van der Waals surface area contributed by atoms with Crippen LogP contribution >= 0.6 is 0 Å². The normalized spacial score (nSPS) is 10.2. The van der Waals surface area contributed by atoms with Gasteiger partial charge in [-0.2, -0.15) is 0 Å². The molecule has 21 heavy (non-hydrogen) atoms. The largest absolute Gasteiger partial charge is 0.396 e. The van der Waals surface area contributed by atoms with Gasteiger partial charge in [-0.1, -0.05) is 11.8 Å². The summed E-state index contributed by atoms with van der Waals surface area (Å²) < 4.78 is 13.4. The molecule has 0 aliphatic rings. The van der Waals surface area contributed by atoms with Crippen molar-refractivity contribution in [1.29, 1.82) is 0 Å². The average Bonchev–Trinajstić information content (AvgIpc) is 2.45. The maximum Gasteiger partial charge on any atom is 0.255 e. The van der Waals surface area contributed by atoms with Crippen LogP contribution in [0.3, 0.4) is 0 Å². The third-order valence-electron chi connectivity index (χ3n) is 2.96. The lowest BCUT2D eigenvalue weighted by molar-refractivity contribution is 0.0692. The van der Waals surface area contributed by atoms with Crippen molar-refractivity contribution < 1.29 is 19.4 Å². The van der Waals surface area contributed by atoms with Crippen LogP contribution in [-0.4, -0.2) is 46.8 Å². The lowest BCUT2D eigenvalue weighted by Crippen LogP contribution is -2.38. The van der Waals surface area contributed by atoms with E-state index in [1.165, 1.54) is 12.1 Å². The fourth-order valence-corrected chi connectivity index (χ4v) is 1.93. The molecule has 1 amide bonds. The first-order chi connectivity index (χ1) is 10.0. The molecule has 0 unspecified atom stereocenters. The first-order valence-corrected chi connectivity index (χ1v) is 6.82. The Morgan fingerprint density at radius 2 is 2.10 bits per heavy atom. The Bertz CT molecular complexity index is 546. The standard InChI is InChI=1S/C16H20FNO3/c1-12(2)18(8-4-10-20)16(21)15-11-14(17)7-6-13(15)5-3-9-19/h6-7,11-12,19-20H,4,8-10H2,1-2H3. The zero-order valence-corrected chi connectivity index (χ0v) is 12.3. The Labute approximate surface area is 124 Å². The van der Waals surface area contributed by atoms with Crippen molar-refractivity contribution in [3.05, 3.63) is 35.1 Å². The van der Waals surface area contributed by atoms with Gasteiger partial charge in [0.25, 0.3) is 5.91 Å². The van der Waals surface area contributed by atoms with Crippen LogP contribution in [0.4, 0.5) is 4.39 Å². The van der Waals surface area contributed by atoms with Crippen LogP contribution in [0.25, 0.3) is 0 Å². The molecule has 0 aliphatic heterocycles. The number of carbonyl (C=O) groups excluding carboxylic acids is 1. The van der Waals surface area contributed by atoms with Gasteiger partial charge in [0.1, 0.15) is 12.4 Å². The molecule has 0 fully saturated rings. The molecule has 0 bridgehead atoms. The summed E-state index contributed by atoms with van der Waals surface area (Å²) in [6.45, 7) is 3.75. The Balaban J connectivity index is 3.16. The van der Waals surface area contributed by atoms with E-state index in [0.717, 1.165) is 6.07 Å². The summed E-state index contributed by atoms with van der Waals surface area (Å²) >= 11 is 0. The summed E-state index contributed by atoms with van der Waals surface area (Å²) in [5, 5.41) is 17.7. The predicted octanol–water partition coefficient (Wildman–Crippen LogP) is 1.40. The minimum atomic E-state index is -0.515. The average molecular weight is 293 g/mol. The highest BCUT2D eigenvalue weighted by Crippen LogP contribution is 2.15. The van der Waals surface area contributed by atoms with Crippen molar-refractivity contribution in [2.24, 2.45) is 0 Å². The van der Waals surface area contributed by atoms with E-state index in [1.807, 2.05) is 13.8 Å². The van der Waals surface area contributed by atoms with Gasteiger partial charge in [-0.05, 0) is 38.5 Å². The molecule has 114 valence electrons. The molecule has 0 atom stereocenters. The van der Waals surface area contributed by atoms with Crippen LogP contribution in [0.2, 0.25) is 0 Å². The van der Waals surface area contributed by atoms with Crippen LogP contribution in [-0.2, 0) is 0 Å². The van der Waals surface area contributed by atoms with Gasteiger partial charge in [-0.3, -0.25) is 4.79 Å². The number of nitrogens with zero attached hydrogens (tertiary/aromatic N) is 1. The van der Waals surface area contributed by atoms with Gasteiger partial charge in [0.15, 0.2) is 0 Å². The van der Waals surface area contributed by atoms with E-state index in [0.29, 0.717) is 18.5 Å². The van der Waals surface area contributed by atoms with Crippen LogP contribution in [0.15, 0.2) is 18.2 Å². The van der Waals surface area contributed by atoms with Crippen molar-refractivity contribution in [2.75, 3.05) is 19.8 Å². The number of benzene rings is 1. The summed E-state index contributed by atoms with van der Waals surface area (Å²) in [5.41, 5.74) is 0.549. The van der Waals surface area contributed by atoms with Crippen LogP contribution in [0.1, 0.15) is 36.2 Å². The third-order valence-corrected chi connectivity index (χ3v) is 2.96. The zero-order valence-electron chi connectivity index (χ0n) is 12.3. The van der Waals surface area contributed by atoms with Crippen LogP contribution < -0.4 is 0 Å². The van der Waals surface area contributed by atoms with Gasteiger partial charge in [0.05, 0.1) is 5.56 Å². The number of hydrogen-bond acceptors (Lipinski definition) is 3. The molecule has 0 aliphatic carbocycles. The van der Waals surface area contributed by atoms with Crippen LogP contribution in [0.5, 0.6) is 0 Å². The van der Waals surface area contributed by atoms with Gasteiger partial charge in [-0.15, -0.1) is 0 Å². The van der Waals surface area contributed by atoms with Crippen molar-refractivity contribution in [2.45, 2.75) is 26.3 Å². The number of carbonyl (C=O) groups is 1. The summed E-state index contributed by atoms with van der Waals surface area (Å²) in [6, 6.07) is 3.73. The Morgan fingerprint density at radius 3 is 2.67 bits per heavy atom. The molecule has 0 saturated heterocycles. The molecular weight excluding hydrogens is 273 g/mol. The number of amides is 1. The highest BCUT2D eigenvalue weighted by molar-refractivity contribution is 5.97. The minimum Gasteiger partial charge on any atom is -0.396 e. The molecule has 2 N–H and O–H groups in total. The summed E-state index contributed by atoms with van der Waals surface area (Å²) in [4.78, 5) is 14.1. The SMILES string of the molecule is CC(C)N(CCCO)C(=O)c1cc(F)ccc1C#CCO. The maximum absolute atomic E-state index is 13.4. The van der Waals surface area contributed by atoms with E-state index in [-0.39, 0.29) is 30.7 Å². The quantitative estimate of drug-likeness (QED) is 0.807. The molecule has 4 nitrogen and oxygen atoms in total. The van der Waals surface area contributed by atoms with Crippen molar-refractivity contribution >= 4 is 5.91 Å². The molecule has 1 aromatic carbocycles. The zero-order chi connectivity index (χ0) is 15.8. The Hall–Kier alpha value is -1.90. The summed E-state index contributed by atoms with van der Waals surface area (Å²) in [7, 11) is 0. The fourth-order valence-electron chi connectivity index (χ4n) is 1.93. The predicted molar refractivity (Wildman–Crippen MR) is 78.2 cm³/mol. The molecule has 1 aromatic rings. The molecule has 0 aromatic heterocycles. The van der Waals surface area contributed by atoms with Gasteiger partial charge in [-0.25, -0.2) is 4.39 Å². The van der Waals surface area contributed by atoms with Gasteiger partial charge < -0.3 is 15.1 Å². The molecule has 0 spiro atoms. The van der Waals surface area contributed by atoms with E-state index >= 15 is 0 Å². The first kappa shape index (κ1) is 17.2. The number of halogens is 1. The second kappa shape index (κ2) is 8.40. The minimum absolute atomic E-state index is 0.0170. The lowest BCUT2D eigenvalue weighted by atomic mass is 10.1. The third kappa shape index (κ3) is 4.85. The maximum atomic E-state index is 13.4. The Morgan fingerprint density at radius 1 is 1.38 bits per heavy atom. The number of aliphatic hydroxyl groups is 2. The van der Waals surface area contributed by atoms with E-state index in [2.05, 4.69) is 11.8 Å². The van der Waals surface area contributed by atoms with Crippen molar-refractivity contribution in [3.63, 3.8) is 0 Å².